The number of rotatable bonds is 4. The van der Waals surface area contributed by atoms with Gasteiger partial charge in [0.05, 0.1) is 18.2 Å². The minimum Gasteiger partial charge on any atom is -0.451 e. The summed E-state index contributed by atoms with van der Waals surface area (Å²) < 4.78 is 8.42. The quantitative estimate of drug-likeness (QED) is 0.754. The van der Waals surface area contributed by atoms with E-state index in [9.17, 15) is 9.59 Å². The number of aryl methyl sites for hydroxylation is 1. The van der Waals surface area contributed by atoms with Gasteiger partial charge in [0.25, 0.3) is 5.56 Å². The number of nitrogens with zero attached hydrogens (tertiary/aromatic N) is 4. The van der Waals surface area contributed by atoms with E-state index in [2.05, 4.69) is 10.2 Å². The number of benzene rings is 1. The lowest BCUT2D eigenvalue weighted by Crippen LogP contribution is -2.24. The summed E-state index contributed by atoms with van der Waals surface area (Å²) in [6, 6.07) is 8.23. The summed E-state index contributed by atoms with van der Waals surface area (Å²) in [5.41, 5.74) is 0.201. The second kappa shape index (κ2) is 6.90. The highest BCUT2D eigenvalue weighted by molar-refractivity contribution is 6.30. The Bertz CT molecular complexity index is 1140. The smallest absolute Gasteiger partial charge is 0.343 e. The molecule has 0 saturated heterocycles. The van der Waals surface area contributed by atoms with E-state index < -0.39 is 0 Å². The zero-order valence-electron chi connectivity index (χ0n) is 14.0. The summed E-state index contributed by atoms with van der Waals surface area (Å²) in [5.74, 6) is 0.805. The Morgan fingerprint density at radius 1 is 1.35 bits per heavy atom. The van der Waals surface area contributed by atoms with E-state index in [0.717, 1.165) is 0 Å². The Kier molecular flexibility index (Phi) is 4.65. The van der Waals surface area contributed by atoms with Crippen LogP contribution in [0.25, 0.3) is 0 Å². The average Bonchev–Trinajstić information content (AvgIpc) is 2.92. The lowest BCUT2D eigenvalue weighted by atomic mass is 10.2. The molecule has 0 fully saturated rings. The highest BCUT2D eigenvalue weighted by Crippen LogP contribution is 2.26. The third kappa shape index (κ3) is 3.38. The fraction of sp³-hybridized carbons (Fsp3) is 0.176. The van der Waals surface area contributed by atoms with Crippen LogP contribution in [0.2, 0.25) is 5.02 Å². The van der Waals surface area contributed by atoms with Gasteiger partial charge in [-0.2, -0.15) is 10.4 Å². The first-order valence-corrected chi connectivity index (χ1v) is 7.95. The Morgan fingerprint density at radius 3 is 2.77 bits per heavy atom. The number of hydrogen-bond acceptors (Lipinski definition) is 5. The van der Waals surface area contributed by atoms with E-state index in [4.69, 9.17) is 21.6 Å². The molecule has 2 heterocycles. The summed E-state index contributed by atoms with van der Waals surface area (Å²) in [6.45, 7) is 1.84. The first kappa shape index (κ1) is 17.5. The van der Waals surface area contributed by atoms with Gasteiger partial charge in [-0.25, -0.2) is 9.89 Å². The monoisotopic (exact) mass is 371 g/mol. The largest absolute Gasteiger partial charge is 0.451 e. The molecule has 0 amide bonds. The standard InChI is InChI=1S/C17H14ClN5O3/c1-10-3-4-23(9-14-20-21-17(25)22(14)2)16(24)15(10)26-13-6-11(8-19)5-12(18)7-13/h3-7H,9H2,1-2H3,(H,21,25). The van der Waals surface area contributed by atoms with Crippen molar-refractivity contribution < 1.29 is 4.74 Å². The van der Waals surface area contributed by atoms with Crippen LogP contribution in [0.1, 0.15) is 17.0 Å². The minimum atomic E-state index is -0.390. The molecule has 3 aromatic rings. The molecule has 26 heavy (non-hydrogen) atoms. The summed E-state index contributed by atoms with van der Waals surface area (Å²) >= 11 is 5.97. The molecule has 132 valence electrons. The molecule has 8 nitrogen and oxygen atoms in total. The summed E-state index contributed by atoms with van der Waals surface area (Å²) in [4.78, 5) is 24.2. The van der Waals surface area contributed by atoms with Crippen molar-refractivity contribution in [1.29, 1.82) is 5.26 Å². The van der Waals surface area contributed by atoms with Gasteiger partial charge in [0.1, 0.15) is 5.75 Å². The Labute approximate surface area is 152 Å². The summed E-state index contributed by atoms with van der Waals surface area (Å²) in [7, 11) is 1.56. The van der Waals surface area contributed by atoms with Gasteiger partial charge >= 0.3 is 5.69 Å². The molecule has 0 radical (unpaired) electrons. The van der Waals surface area contributed by atoms with Gasteiger partial charge in [0.15, 0.2) is 11.6 Å². The van der Waals surface area contributed by atoms with Gasteiger partial charge in [-0.15, -0.1) is 0 Å². The molecule has 0 unspecified atom stereocenters. The summed E-state index contributed by atoms with van der Waals surface area (Å²) in [6.07, 6.45) is 1.60. The number of pyridine rings is 1. The van der Waals surface area contributed by atoms with Gasteiger partial charge in [-0.1, -0.05) is 11.6 Å². The molecule has 1 aromatic carbocycles. The minimum absolute atomic E-state index is 0.101. The molecular formula is C17H14ClN5O3. The van der Waals surface area contributed by atoms with Crippen LogP contribution < -0.4 is 16.0 Å². The number of nitrogens with one attached hydrogen (secondary N) is 1. The van der Waals surface area contributed by atoms with Crippen LogP contribution in [0.4, 0.5) is 0 Å². The molecule has 0 spiro atoms. The predicted molar refractivity (Wildman–Crippen MR) is 94.6 cm³/mol. The van der Waals surface area contributed by atoms with Crippen LogP contribution in [-0.2, 0) is 13.6 Å². The highest BCUT2D eigenvalue weighted by atomic mass is 35.5. The molecule has 3 rings (SSSR count). The Hall–Kier alpha value is -3.31. The van der Waals surface area contributed by atoms with Crippen LogP contribution in [-0.4, -0.2) is 19.3 Å². The molecule has 0 aliphatic heterocycles. The van der Waals surface area contributed by atoms with E-state index in [0.29, 0.717) is 27.7 Å². The number of ether oxygens (including phenoxy) is 1. The normalized spacial score (nSPS) is 10.5. The topological polar surface area (TPSA) is 106 Å². The van der Waals surface area contributed by atoms with Gasteiger partial charge < -0.3 is 9.30 Å². The number of halogens is 1. The maximum Gasteiger partial charge on any atom is 0.343 e. The first-order chi connectivity index (χ1) is 12.4. The van der Waals surface area contributed by atoms with E-state index in [1.54, 1.807) is 26.2 Å². The maximum atomic E-state index is 12.8. The number of aromatic amines is 1. The Morgan fingerprint density at radius 2 is 2.12 bits per heavy atom. The molecule has 0 atom stereocenters. The molecular weight excluding hydrogens is 358 g/mol. The first-order valence-electron chi connectivity index (χ1n) is 7.58. The van der Waals surface area contributed by atoms with Gasteiger partial charge in [-0.05, 0) is 36.8 Å². The van der Waals surface area contributed by atoms with Crippen molar-refractivity contribution in [1.82, 2.24) is 19.3 Å². The SMILES string of the molecule is Cc1ccn(Cc2n[nH]c(=O)n2C)c(=O)c1Oc1cc(Cl)cc(C#N)c1. The van der Waals surface area contributed by atoms with E-state index >= 15 is 0 Å². The van der Waals surface area contributed by atoms with E-state index in [-0.39, 0.29) is 23.5 Å². The van der Waals surface area contributed by atoms with Crippen molar-refractivity contribution in [2.45, 2.75) is 13.5 Å². The molecule has 1 N–H and O–H groups in total. The lowest BCUT2D eigenvalue weighted by Gasteiger charge is -2.12. The third-order valence-corrected chi connectivity index (χ3v) is 4.04. The predicted octanol–water partition coefficient (Wildman–Crippen LogP) is 1.94. The number of aromatic nitrogens is 4. The van der Waals surface area contributed by atoms with Gasteiger partial charge in [-0.3, -0.25) is 9.36 Å². The van der Waals surface area contributed by atoms with Crippen molar-refractivity contribution in [3.05, 3.63) is 73.3 Å². The number of nitriles is 1. The van der Waals surface area contributed by atoms with Crippen LogP contribution in [0.3, 0.4) is 0 Å². The van der Waals surface area contributed by atoms with Crippen molar-refractivity contribution in [2.24, 2.45) is 7.05 Å². The maximum absolute atomic E-state index is 12.8. The van der Waals surface area contributed by atoms with Crippen molar-refractivity contribution >= 4 is 11.6 Å². The van der Waals surface area contributed by atoms with Crippen molar-refractivity contribution in [3.8, 4) is 17.6 Å². The van der Waals surface area contributed by atoms with Gasteiger partial charge in [0, 0.05) is 18.3 Å². The molecule has 0 aliphatic rings. The van der Waals surface area contributed by atoms with Crippen molar-refractivity contribution in [3.63, 3.8) is 0 Å². The average molecular weight is 372 g/mol. The lowest BCUT2D eigenvalue weighted by molar-refractivity contribution is 0.462. The van der Waals surface area contributed by atoms with Crippen molar-refractivity contribution in [2.75, 3.05) is 0 Å². The van der Waals surface area contributed by atoms with Crippen LogP contribution >= 0.6 is 11.6 Å². The molecule has 0 aliphatic carbocycles. The number of hydrogen-bond donors (Lipinski definition) is 1. The van der Waals surface area contributed by atoms with E-state index in [1.807, 2.05) is 6.07 Å². The molecule has 9 heteroatoms. The molecule has 2 aromatic heterocycles. The zero-order chi connectivity index (χ0) is 18.8. The fourth-order valence-corrected chi connectivity index (χ4v) is 2.60. The van der Waals surface area contributed by atoms with Crippen LogP contribution in [0.5, 0.6) is 11.5 Å². The highest BCUT2D eigenvalue weighted by Gasteiger charge is 2.13. The van der Waals surface area contributed by atoms with E-state index in [1.165, 1.54) is 27.3 Å². The Balaban J connectivity index is 1.99. The number of H-pyrrole nitrogens is 1. The zero-order valence-corrected chi connectivity index (χ0v) is 14.7. The second-order valence-corrected chi connectivity index (χ2v) is 6.09. The van der Waals surface area contributed by atoms with Crippen LogP contribution in [0, 0.1) is 18.3 Å². The second-order valence-electron chi connectivity index (χ2n) is 5.65. The summed E-state index contributed by atoms with van der Waals surface area (Å²) in [5, 5.41) is 15.6. The van der Waals surface area contributed by atoms with Gasteiger partial charge in [0.2, 0.25) is 0 Å². The molecule has 0 saturated carbocycles. The van der Waals surface area contributed by atoms with Crippen LogP contribution in [0.15, 0.2) is 40.1 Å². The third-order valence-electron chi connectivity index (χ3n) is 3.82. The fourth-order valence-electron chi connectivity index (χ4n) is 2.37. The molecule has 0 bridgehead atoms.